The Morgan fingerprint density at radius 2 is 2.08 bits per heavy atom. The largest absolute Gasteiger partial charge is 0.352 e. The van der Waals surface area contributed by atoms with E-state index >= 15 is 0 Å². The number of hydrogen-bond acceptors (Lipinski definition) is 6. The maximum absolute atomic E-state index is 11.0. The van der Waals surface area contributed by atoms with Crippen molar-refractivity contribution in [3.05, 3.63) is 64.1 Å². The minimum atomic E-state index is -0.416. The summed E-state index contributed by atoms with van der Waals surface area (Å²) in [6.07, 6.45) is 3.80. The Hall–Kier alpha value is -3.29. The van der Waals surface area contributed by atoms with E-state index in [1.165, 1.54) is 12.1 Å². The highest BCUT2D eigenvalue weighted by molar-refractivity contribution is 5.61. The van der Waals surface area contributed by atoms with E-state index in [1.54, 1.807) is 16.8 Å². The van der Waals surface area contributed by atoms with Crippen LogP contribution in [0.25, 0.3) is 11.4 Å². The quantitative estimate of drug-likeness (QED) is 0.500. The number of nitro benzene ring substituents is 1. The Morgan fingerprint density at radius 3 is 2.73 bits per heavy atom. The van der Waals surface area contributed by atoms with Gasteiger partial charge in [0, 0.05) is 61.4 Å². The van der Waals surface area contributed by atoms with Crippen molar-refractivity contribution >= 4 is 11.5 Å². The molecule has 134 valence electrons. The Kier molecular flexibility index (Phi) is 4.92. The zero-order valence-corrected chi connectivity index (χ0v) is 15.0. The van der Waals surface area contributed by atoms with Crippen LogP contribution in [0.15, 0.2) is 42.7 Å². The lowest BCUT2D eigenvalue weighted by Crippen LogP contribution is -2.23. The molecule has 0 atom stereocenters. The summed E-state index contributed by atoms with van der Waals surface area (Å²) >= 11 is 0. The topological polar surface area (TPSA) is 90.0 Å². The molecule has 8 nitrogen and oxygen atoms in total. The third kappa shape index (κ3) is 3.85. The van der Waals surface area contributed by atoms with E-state index in [0.29, 0.717) is 17.9 Å². The van der Waals surface area contributed by atoms with Gasteiger partial charge in [-0.3, -0.25) is 14.8 Å². The van der Waals surface area contributed by atoms with Crippen molar-refractivity contribution in [2.24, 2.45) is 7.05 Å². The van der Waals surface area contributed by atoms with E-state index in [9.17, 15) is 10.1 Å². The van der Waals surface area contributed by atoms with Gasteiger partial charge in [0.2, 0.25) is 0 Å². The first-order chi connectivity index (χ1) is 12.5. The van der Waals surface area contributed by atoms with Crippen LogP contribution in [0.2, 0.25) is 0 Å². The number of aromatic nitrogens is 4. The van der Waals surface area contributed by atoms with Gasteiger partial charge in [-0.25, -0.2) is 9.97 Å². The van der Waals surface area contributed by atoms with Gasteiger partial charge in [-0.15, -0.1) is 0 Å². The van der Waals surface area contributed by atoms with Crippen LogP contribution >= 0.6 is 0 Å². The first kappa shape index (κ1) is 17.5. The molecule has 3 aromatic rings. The molecule has 1 aromatic carbocycles. The van der Waals surface area contributed by atoms with Gasteiger partial charge in [0.25, 0.3) is 5.69 Å². The van der Waals surface area contributed by atoms with Gasteiger partial charge >= 0.3 is 0 Å². The number of rotatable bonds is 6. The Morgan fingerprint density at radius 1 is 1.27 bits per heavy atom. The smallest absolute Gasteiger partial charge is 0.270 e. The highest BCUT2D eigenvalue weighted by Gasteiger charge is 2.14. The number of non-ortho nitro benzene ring substituents is 1. The zero-order chi connectivity index (χ0) is 18.7. The number of benzene rings is 1. The summed E-state index contributed by atoms with van der Waals surface area (Å²) in [4.78, 5) is 21.8. The predicted molar refractivity (Wildman–Crippen MR) is 98.8 cm³/mol. The molecule has 26 heavy (non-hydrogen) atoms. The Labute approximate surface area is 151 Å². The molecule has 3 rings (SSSR count). The molecule has 2 heterocycles. The summed E-state index contributed by atoms with van der Waals surface area (Å²) in [5.74, 6) is 1.26. The molecule has 0 saturated heterocycles. The SMILES string of the molecule is CCN(Cc1cnn(C)c1)c1cc(C)nc(-c2cccc([N+](=O)[O-])c2)n1. The third-order valence-electron chi connectivity index (χ3n) is 3.99. The first-order valence-electron chi connectivity index (χ1n) is 8.29. The van der Waals surface area contributed by atoms with Crippen molar-refractivity contribution in [1.82, 2.24) is 19.7 Å². The molecule has 0 saturated carbocycles. The van der Waals surface area contributed by atoms with Crippen molar-refractivity contribution < 1.29 is 4.92 Å². The van der Waals surface area contributed by atoms with Gasteiger partial charge in [-0.1, -0.05) is 12.1 Å². The first-order valence-corrected chi connectivity index (χ1v) is 8.29. The lowest BCUT2D eigenvalue weighted by Gasteiger charge is -2.22. The minimum Gasteiger partial charge on any atom is -0.352 e. The molecule has 0 radical (unpaired) electrons. The lowest BCUT2D eigenvalue weighted by molar-refractivity contribution is -0.384. The molecular weight excluding hydrogens is 332 g/mol. The second kappa shape index (κ2) is 7.30. The number of aryl methyl sites for hydroxylation is 2. The van der Waals surface area contributed by atoms with E-state index in [4.69, 9.17) is 0 Å². The van der Waals surface area contributed by atoms with Crippen molar-refractivity contribution in [3.8, 4) is 11.4 Å². The fraction of sp³-hybridized carbons (Fsp3) is 0.278. The maximum Gasteiger partial charge on any atom is 0.270 e. The molecule has 0 amide bonds. The normalized spacial score (nSPS) is 10.7. The monoisotopic (exact) mass is 352 g/mol. The van der Waals surface area contributed by atoms with Crippen molar-refractivity contribution in [3.63, 3.8) is 0 Å². The van der Waals surface area contributed by atoms with Crippen LogP contribution in [0.1, 0.15) is 18.2 Å². The predicted octanol–water partition coefficient (Wildman–Crippen LogP) is 3.12. The van der Waals surface area contributed by atoms with E-state index in [1.807, 2.05) is 32.4 Å². The van der Waals surface area contributed by atoms with Gasteiger partial charge in [0.1, 0.15) is 5.82 Å². The zero-order valence-electron chi connectivity index (χ0n) is 15.0. The molecular formula is C18H20N6O2. The van der Waals surface area contributed by atoms with Crippen LogP contribution in [-0.4, -0.2) is 31.2 Å². The highest BCUT2D eigenvalue weighted by atomic mass is 16.6. The molecule has 0 aliphatic heterocycles. The second-order valence-corrected chi connectivity index (χ2v) is 6.03. The van der Waals surface area contributed by atoms with Crippen LogP contribution in [0, 0.1) is 17.0 Å². The van der Waals surface area contributed by atoms with Gasteiger partial charge in [-0.05, 0) is 13.8 Å². The summed E-state index contributed by atoms with van der Waals surface area (Å²) in [6, 6.07) is 8.30. The Bertz CT molecular complexity index is 937. The molecule has 0 fully saturated rings. The van der Waals surface area contributed by atoms with Crippen LogP contribution in [-0.2, 0) is 13.6 Å². The van der Waals surface area contributed by atoms with Crippen LogP contribution < -0.4 is 4.90 Å². The van der Waals surface area contributed by atoms with Crippen LogP contribution in [0.4, 0.5) is 11.5 Å². The van der Waals surface area contributed by atoms with Gasteiger partial charge < -0.3 is 4.90 Å². The van der Waals surface area contributed by atoms with E-state index in [2.05, 4.69) is 26.9 Å². The lowest BCUT2D eigenvalue weighted by atomic mass is 10.2. The molecule has 0 N–H and O–H groups in total. The van der Waals surface area contributed by atoms with E-state index in [0.717, 1.165) is 23.6 Å². The molecule has 0 unspecified atom stereocenters. The summed E-state index contributed by atoms with van der Waals surface area (Å²) in [6.45, 7) is 5.39. The second-order valence-electron chi connectivity index (χ2n) is 6.03. The molecule has 2 aromatic heterocycles. The third-order valence-corrected chi connectivity index (χ3v) is 3.99. The maximum atomic E-state index is 11.0. The average Bonchev–Trinajstić information content (AvgIpc) is 3.04. The standard InChI is InChI=1S/C18H20N6O2/c1-4-23(12-14-10-19-22(3)11-14)17-8-13(2)20-18(21-17)15-6-5-7-16(9-15)24(25)26/h5-11H,4,12H2,1-3H3. The number of nitro groups is 1. The highest BCUT2D eigenvalue weighted by Crippen LogP contribution is 2.24. The van der Waals surface area contributed by atoms with Crippen LogP contribution in [0.3, 0.4) is 0 Å². The minimum absolute atomic E-state index is 0.0249. The number of hydrogen-bond donors (Lipinski definition) is 0. The van der Waals surface area contributed by atoms with Crippen molar-refractivity contribution in [2.75, 3.05) is 11.4 Å². The van der Waals surface area contributed by atoms with Crippen LogP contribution in [0.5, 0.6) is 0 Å². The van der Waals surface area contributed by atoms with E-state index < -0.39 is 4.92 Å². The van der Waals surface area contributed by atoms with Crippen molar-refractivity contribution in [2.45, 2.75) is 20.4 Å². The summed E-state index contributed by atoms with van der Waals surface area (Å²) in [5, 5.41) is 15.2. The number of nitrogens with zero attached hydrogens (tertiary/aromatic N) is 6. The molecule has 0 spiro atoms. The molecule has 8 heteroatoms. The fourth-order valence-corrected chi connectivity index (χ4v) is 2.73. The van der Waals surface area contributed by atoms with Crippen molar-refractivity contribution in [1.29, 1.82) is 0 Å². The van der Waals surface area contributed by atoms with Gasteiger partial charge in [-0.2, -0.15) is 5.10 Å². The summed E-state index contributed by atoms with van der Waals surface area (Å²) < 4.78 is 1.77. The fourth-order valence-electron chi connectivity index (χ4n) is 2.73. The van der Waals surface area contributed by atoms with Gasteiger partial charge in [0.05, 0.1) is 11.1 Å². The summed E-state index contributed by atoms with van der Waals surface area (Å²) in [5.41, 5.74) is 2.54. The Balaban J connectivity index is 1.96. The van der Waals surface area contributed by atoms with Gasteiger partial charge in [0.15, 0.2) is 5.82 Å². The van der Waals surface area contributed by atoms with E-state index in [-0.39, 0.29) is 5.69 Å². The molecule has 0 aliphatic rings. The average molecular weight is 352 g/mol. The molecule has 0 aliphatic carbocycles. The summed E-state index contributed by atoms with van der Waals surface area (Å²) in [7, 11) is 1.88. The number of anilines is 1. The molecule has 0 bridgehead atoms.